The molecule has 2 aromatic rings. The van der Waals surface area contributed by atoms with Crippen molar-refractivity contribution in [3.63, 3.8) is 0 Å². The maximum Gasteiger partial charge on any atom is 0.230 e. The van der Waals surface area contributed by atoms with E-state index in [4.69, 9.17) is 4.42 Å². The molecule has 3 rings (SSSR count). The van der Waals surface area contributed by atoms with E-state index in [1.807, 2.05) is 42.5 Å². The highest BCUT2D eigenvalue weighted by Crippen LogP contribution is 2.25. The number of likely N-dealkylation sites (tertiary alicyclic amines) is 1. The second-order valence-corrected chi connectivity index (χ2v) is 6.73. The number of nitrogens with one attached hydrogen (secondary N) is 1. The monoisotopic (exact) mass is 330 g/mol. The van der Waals surface area contributed by atoms with E-state index in [2.05, 4.69) is 10.2 Å². The molecule has 1 saturated heterocycles. The van der Waals surface area contributed by atoms with Crippen molar-refractivity contribution in [1.29, 1.82) is 0 Å². The van der Waals surface area contributed by atoms with Crippen LogP contribution in [0.15, 0.2) is 58.0 Å². The molecule has 0 aliphatic carbocycles. The lowest BCUT2D eigenvalue weighted by Gasteiger charge is -2.25. The number of nitrogens with zero attached hydrogens (tertiary/aromatic N) is 1. The SMILES string of the molecule is O=C(CSc1ccccc1)NC[C@@H](c1ccco1)N1CCCC1. The smallest absolute Gasteiger partial charge is 0.230 e. The van der Waals surface area contributed by atoms with Crippen LogP contribution in [0.1, 0.15) is 24.6 Å². The molecule has 2 heterocycles. The van der Waals surface area contributed by atoms with Gasteiger partial charge < -0.3 is 9.73 Å². The second kappa shape index (κ2) is 8.22. The van der Waals surface area contributed by atoms with Crippen LogP contribution in [0.2, 0.25) is 0 Å². The fraction of sp³-hybridized carbons (Fsp3) is 0.389. The van der Waals surface area contributed by atoms with E-state index in [0.29, 0.717) is 12.3 Å². The summed E-state index contributed by atoms with van der Waals surface area (Å²) in [4.78, 5) is 15.6. The molecule has 0 saturated carbocycles. The first kappa shape index (κ1) is 16.1. The molecule has 4 nitrogen and oxygen atoms in total. The topological polar surface area (TPSA) is 45.5 Å². The molecule has 1 amide bonds. The summed E-state index contributed by atoms with van der Waals surface area (Å²) in [5.74, 6) is 1.44. The molecular formula is C18H22N2O2S. The van der Waals surface area contributed by atoms with Gasteiger partial charge in [-0.05, 0) is 50.2 Å². The van der Waals surface area contributed by atoms with Crippen LogP contribution < -0.4 is 5.32 Å². The summed E-state index contributed by atoms with van der Waals surface area (Å²) in [7, 11) is 0. The zero-order chi connectivity index (χ0) is 15.9. The van der Waals surface area contributed by atoms with Crippen LogP contribution in [-0.2, 0) is 4.79 Å². The Morgan fingerprint density at radius 2 is 1.96 bits per heavy atom. The third-order valence-corrected chi connectivity index (χ3v) is 5.07. The van der Waals surface area contributed by atoms with Crippen molar-refractivity contribution in [3.05, 3.63) is 54.5 Å². The van der Waals surface area contributed by atoms with E-state index in [1.165, 1.54) is 12.8 Å². The Hall–Kier alpha value is -1.72. The van der Waals surface area contributed by atoms with Gasteiger partial charge in [0.05, 0.1) is 18.1 Å². The number of thioether (sulfide) groups is 1. The third kappa shape index (κ3) is 4.62. The minimum Gasteiger partial charge on any atom is -0.468 e. The summed E-state index contributed by atoms with van der Waals surface area (Å²) in [6, 6.07) is 14.0. The van der Waals surface area contributed by atoms with Gasteiger partial charge in [0.25, 0.3) is 0 Å². The van der Waals surface area contributed by atoms with Crippen LogP contribution in [-0.4, -0.2) is 36.2 Å². The normalized spacial score (nSPS) is 16.3. The molecule has 0 radical (unpaired) electrons. The number of rotatable bonds is 7. The summed E-state index contributed by atoms with van der Waals surface area (Å²) < 4.78 is 5.57. The average Bonchev–Trinajstić information content (AvgIpc) is 3.28. The minimum atomic E-state index is 0.0645. The Kier molecular flexibility index (Phi) is 5.77. The molecule has 0 unspecified atom stereocenters. The van der Waals surface area contributed by atoms with E-state index in [0.717, 1.165) is 23.7 Å². The van der Waals surface area contributed by atoms with Gasteiger partial charge in [-0.2, -0.15) is 0 Å². The Morgan fingerprint density at radius 1 is 1.17 bits per heavy atom. The molecule has 23 heavy (non-hydrogen) atoms. The van der Waals surface area contributed by atoms with Gasteiger partial charge in [0.1, 0.15) is 5.76 Å². The molecule has 1 atom stereocenters. The zero-order valence-electron chi connectivity index (χ0n) is 13.1. The summed E-state index contributed by atoms with van der Waals surface area (Å²) in [5, 5.41) is 3.06. The van der Waals surface area contributed by atoms with Crippen molar-refractivity contribution in [2.75, 3.05) is 25.4 Å². The van der Waals surface area contributed by atoms with Gasteiger partial charge >= 0.3 is 0 Å². The predicted molar refractivity (Wildman–Crippen MR) is 92.4 cm³/mol. The predicted octanol–water partition coefficient (Wildman–Crippen LogP) is 3.33. The highest BCUT2D eigenvalue weighted by atomic mass is 32.2. The molecule has 1 aromatic heterocycles. The van der Waals surface area contributed by atoms with Crippen molar-refractivity contribution in [2.24, 2.45) is 0 Å². The first-order valence-electron chi connectivity index (χ1n) is 8.05. The minimum absolute atomic E-state index is 0.0645. The molecule has 1 N–H and O–H groups in total. The van der Waals surface area contributed by atoms with Gasteiger partial charge in [-0.15, -0.1) is 11.8 Å². The highest BCUT2D eigenvalue weighted by molar-refractivity contribution is 8.00. The Morgan fingerprint density at radius 3 is 2.65 bits per heavy atom. The van der Waals surface area contributed by atoms with Crippen molar-refractivity contribution in [3.8, 4) is 0 Å². The van der Waals surface area contributed by atoms with Gasteiger partial charge in [0.15, 0.2) is 0 Å². The average molecular weight is 330 g/mol. The second-order valence-electron chi connectivity index (χ2n) is 5.68. The third-order valence-electron chi connectivity index (χ3n) is 4.06. The number of hydrogen-bond donors (Lipinski definition) is 1. The van der Waals surface area contributed by atoms with Crippen molar-refractivity contribution in [2.45, 2.75) is 23.8 Å². The molecule has 0 bridgehead atoms. The lowest BCUT2D eigenvalue weighted by atomic mass is 10.2. The summed E-state index contributed by atoms with van der Waals surface area (Å²) in [5.41, 5.74) is 0. The number of carbonyl (C=O) groups excluding carboxylic acids is 1. The van der Waals surface area contributed by atoms with Gasteiger partial charge in [-0.1, -0.05) is 18.2 Å². The molecule has 1 aromatic carbocycles. The Labute approximate surface area is 141 Å². The molecule has 1 aliphatic heterocycles. The first-order valence-corrected chi connectivity index (χ1v) is 9.03. The Balaban J connectivity index is 1.51. The van der Waals surface area contributed by atoms with E-state index in [-0.39, 0.29) is 11.9 Å². The van der Waals surface area contributed by atoms with E-state index < -0.39 is 0 Å². The van der Waals surface area contributed by atoms with Gasteiger partial charge in [0, 0.05) is 11.4 Å². The molecule has 5 heteroatoms. The maximum absolute atomic E-state index is 12.1. The van der Waals surface area contributed by atoms with E-state index in [9.17, 15) is 4.79 Å². The van der Waals surface area contributed by atoms with Crippen molar-refractivity contribution < 1.29 is 9.21 Å². The molecular weight excluding hydrogens is 308 g/mol. The molecule has 0 spiro atoms. The number of amides is 1. The van der Waals surface area contributed by atoms with Gasteiger partial charge in [-0.25, -0.2) is 0 Å². The largest absolute Gasteiger partial charge is 0.468 e. The fourth-order valence-electron chi connectivity index (χ4n) is 2.87. The van der Waals surface area contributed by atoms with Crippen LogP contribution in [0.25, 0.3) is 0 Å². The van der Waals surface area contributed by atoms with Crippen LogP contribution in [0, 0.1) is 0 Å². The Bertz CT molecular complexity index is 595. The van der Waals surface area contributed by atoms with E-state index >= 15 is 0 Å². The lowest BCUT2D eigenvalue weighted by molar-refractivity contribution is -0.118. The van der Waals surface area contributed by atoms with Crippen LogP contribution in [0.5, 0.6) is 0 Å². The summed E-state index contributed by atoms with van der Waals surface area (Å²) in [6.45, 7) is 2.74. The maximum atomic E-state index is 12.1. The fourth-order valence-corrected chi connectivity index (χ4v) is 3.62. The van der Waals surface area contributed by atoms with Crippen LogP contribution >= 0.6 is 11.8 Å². The first-order chi connectivity index (χ1) is 11.3. The van der Waals surface area contributed by atoms with Gasteiger partial charge in [0.2, 0.25) is 5.91 Å². The zero-order valence-corrected chi connectivity index (χ0v) is 13.9. The standard InChI is InChI=1S/C18H22N2O2S/c21-18(14-23-15-7-2-1-3-8-15)19-13-16(17-9-6-12-22-17)20-10-4-5-11-20/h1-3,6-9,12,16H,4-5,10-11,13-14H2,(H,19,21)/t16-/m0/s1. The van der Waals surface area contributed by atoms with E-state index in [1.54, 1.807) is 18.0 Å². The van der Waals surface area contributed by atoms with Gasteiger partial charge in [-0.3, -0.25) is 9.69 Å². The number of benzene rings is 1. The van der Waals surface area contributed by atoms with Crippen molar-refractivity contribution >= 4 is 17.7 Å². The molecule has 1 fully saturated rings. The quantitative estimate of drug-likeness (QED) is 0.791. The van der Waals surface area contributed by atoms with Crippen LogP contribution in [0.3, 0.4) is 0 Å². The van der Waals surface area contributed by atoms with Crippen molar-refractivity contribution in [1.82, 2.24) is 10.2 Å². The molecule has 1 aliphatic rings. The summed E-state index contributed by atoms with van der Waals surface area (Å²) >= 11 is 1.56. The number of furan rings is 1. The van der Waals surface area contributed by atoms with Crippen LogP contribution in [0.4, 0.5) is 0 Å². The highest BCUT2D eigenvalue weighted by Gasteiger charge is 2.25. The summed E-state index contributed by atoms with van der Waals surface area (Å²) in [6.07, 6.45) is 4.13. The number of carbonyl (C=O) groups is 1. The number of hydrogen-bond acceptors (Lipinski definition) is 4. The lowest BCUT2D eigenvalue weighted by Crippen LogP contribution is -2.37. The molecule has 122 valence electrons.